The lowest BCUT2D eigenvalue weighted by Crippen LogP contribution is -2.40. The van der Waals surface area contributed by atoms with Crippen LogP contribution in [0, 0.1) is 11.7 Å². The van der Waals surface area contributed by atoms with E-state index in [1.54, 1.807) is 24.3 Å². The minimum atomic E-state index is -0.470. The smallest absolute Gasteiger partial charge is 0.231 e. The van der Waals surface area contributed by atoms with Gasteiger partial charge < -0.3 is 25.3 Å². The lowest BCUT2D eigenvalue weighted by Gasteiger charge is -2.20. The highest BCUT2D eigenvalue weighted by molar-refractivity contribution is 5.97. The van der Waals surface area contributed by atoms with E-state index in [2.05, 4.69) is 15.6 Å². The Bertz CT molecular complexity index is 1080. The molecule has 2 atom stereocenters. The summed E-state index contributed by atoms with van der Waals surface area (Å²) < 4.78 is 29.0. The van der Waals surface area contributed by atoms with Crippen molar-refractivity contribution in [3.8, 4) is 17.2 Å². The molecule has 0 fully saturated rings. The molecular formula is C26H35FN4O5. The lowest BCUT2D eigenvalue weighted by atomic mass is 9.96. The minimum absolute atomic E-state index is 0.0444. The van der Waals surface area contributed by atoms with Crippen molar-refractivity contribution in [2.24, 2.45) is 16.6 Å². The number of hydrogen-bond donors (Lipinski definition) is 3. The highest BCUT2D eigenvalue weighted by atomic mass is 19.1. The van der Waals surface area contributed by atoms with Crippen LogP contribution in [0.5, 0.6) is 17.2 Å². The van der Waals surface area contributed by atoms with Crippen molar-refractivity contribution in [2.45, 2.75) is 45.7 Å². The molecule has 10 heteroatoms. The van der Waals surface area contributed by atoms with Crippen molar-refractivity contribution in [2.75, 3.05) is 21.3 Å². The van der Waals surface area contributed by atoms with Crippen LogP contribution in [-0.4, -0.2) is 45.1 Å². The van der Waals surface area contributed by atoms with E-state index in [1.807, 2.05) is 13.8 Å². The van der Waals surface area contributed by atoms with E-state index in [-0.39, 0.29) is 48.8 Å². The summed E-state index contributed by atoms with van der Waals surface area (Å²) in [5.41, 5.74) is 7.42. The molecule has 196 valence electrons. The Morgan fingerprint density at radius 1 is 0.972 bits per heavy atom. The van der Waals surface area contributed by atoms with Crippen molar-refractivity contribution >= 4 is 17.8 Å². The van der Waals surface area contributed by atoms with E-state index in [4.69, 9.17) is 19.9 Å². The molecule has 2 rings (SSSR count). The number of guanidine groups is 1. The van der Waals surface area contributed by atoms with Crippen LogP contribution in [-0.2, 0) is 22.6 Å². The molecule has 4 N–H and O–H groups in total. The monoisotopic (exact) mass is 502 g/mol. The van der Waals surface area contributed by atoms with Crippen LogP contribution in [0.2, 0.25) is 0 Å². The molecule has 0 aliphatic carbocycles. The van der Waals surface area contributed by atoms with Crippen LogP contribution in [0.1, 0.15) is 37.8 Å². The predicted molar refractivity (Wildman–Crippen MR) is 136 cm³/mol. The molecule has 36 heavy (non-hydrogen) atoms. The molecule has 0 spiro atoms. The first kappa shape index (κ1) is 28.4. The Morgan fingerprint density at radius 3 is 2.25 bits per heavy atom. The first-order chi connectivity index (χ1) is 17.2. The number of carbonyl (C=O) groups excluding carboxylic acids is 2. The zero-order valence-corrected chi connectivity index (χ0v) is 21.4. The van der Waals surface area contributed by atoms with Gasteiger partial charge in [0.25, 0.3) is 0 Å². The fourth-order valence-corrected chi connectivity index (χ4v) is 3.50. The molecule has 2 aromatic rings. The number of halogens is 1. The van der Waals surface area contributed by atoms with Crippen molar-refractivity contribution in [3.63, 3.8) is 0 Å². The first-order valence-electron chi connectivity index (χ1n) is 11.6. The summed E-state index contributed by atoms with van der Waals surface area (Å²) in [4.78, 5) is 29.5. The number of aliphatic imine (C=N–C) groups is 1. The van der Waals surface area contributed by atoms with Gasteiger partial charge in [-0.3, -0.25) is 14.9 Å². The fourth-order valence-electron chi connectivity index (χ4n) is 3.50. The normalized spacial score (nSPS) is 12.9. The Hall–Kier alpha value is -3.82. The van der Waals surface area contributed by atoms with Gasteiger partial charge in [0.2, 0.25) is 11.8 Å². The quantitative estimate of drug-likeness (QED) is 0.303. The van der Waals surface area contributed by atoms with Crippen molar-refractivity contribution in [1.82, 2.24) is 10.6 Å². The van der Waals surface area contributed by atoms with Crippen LogP contribution in [0.15, 0.2) is 41.4 Å². The summed E-state index contributed by atoms with van der Waals surface area (Å²) >= 11 is 0. The molecule has 2 amide bonds. The second-order valence-corrected chi connectivity index (χ2v) is 8.33. The summed E-state index contributed by atoms with van der Waals surface area (Å²) in [7, 11) is 4.44. The van der Waals surface area contributed by atoms with Gasteiger partial charge in [-0.2, -0.15) is 0 Å². The second-order valence-electron chi connectivity index (χ2n) is 8.33. The molecule has 9 nitrogen and oxygen atoms in total. The van der Waals surface area contributed by atoms with Crippen molar-refractivity contribution < 1.29 is 28.2 Å². The van der Waals surface area contributed by atoms with Crippen LogP contribution < -0.4 is 30.6 Å². The predicted octanol–water partition coefficient (Wildman–Crippen LogP) is 2.95. The third-order valence-corrected chi connectivity index (χ3v) is 5.79. The minimum Gasteiger partial charge on any atom is -0.494 e. The fraction of sp³-hybridized carbons (Fsp3) is 0.423. The van der Waals surface area contributed by atoms with Crippen LogP contribution in [0.3, 0.4) is 0 Å². The van der Waals surface area contributed by atoms with E-state index >= 15 is 0 Å². The first-order valence-corrected chi connectivity index (χ1v) is 11.6. The molecule has 0 aliphatic heterocycles. The van der Waals surface area contributed by atoms with Gasteiger partial charge in [-0.25, -0.2) is 9.38 Å². The Labute approximate surface area is 211 Å². The topological polar surface area (TPSA) is 124 Å². The Kier molecular flexibility index (Phi) is 11.0. The largest absolute Gasteiger partial charge is 0.494 e. The highest BCUT2D eigenvalue weighted by Crippen LogP contribution is 2.27. The molecule has 2 aromatic carbocycles. The summed E-state index contributed by atoms with van der Waals surface area (Å²) in [5.74, 6) is 0.132. The maximum atomic E-state index is 13.6. The number of rotatable bonds is 12. The molecule has 0 aromatic heterocycles. The van der Waals surface area contributed by atoms with Crippen LogP contribution >= 0.6 is 0 Å². The summed E-state index contributed by atoms with van der Waals surface area (Å²) in [5, 5.41) is 5.40. The Morgan fingerprint density at radius 2 is 1.61 bits per heavy atom. The van der Waals surface area contributed by atoms with Crippen LogP contribution in [0.25, 0.3) is 0 Å². The van der Waals surface area contributed by atoms with Gasteiger partial charge >= 0.3 is 0 Å². The van der Waals surface area contributed by atoms with Gasteiger partial charge in [-0.1, -0.05) is 32.4 Å². The summed E-state index contributed by atoms with van der Waals surface area (Å²) in [6, 6.07) is 9.17. The van der Waals surface area contributed by atoms with E-state index in [9.17, 15) is 14.0 Å². The second kappa shape index (κ2) is 13.9. The van der Waals surface area contributed by atoms with Gasteiger partial charge in [0.15, 0.2) is 29.0 Å². The molecule has 0 unspecified atom stereocenters. The van der Waals surface area contributed by atoms with Gasteiger partial charge in [0.05, 0.1) is 33.8 Å². The molecular weight excluding hydrogens is 467 g/mol. The summed E-state index contributed by atoms with van der Waals surface area (Å²) in [6.45, 7) is 4.16. The number of nitrogens with zero attached hydrogens (tertiary/aromatic N) is 1. The van der Waals surface area contributed by atoms with Gasteiger partial charge in [-0.15, -0.1) is 0 Å². The molecule has 0 radical (unpaired) electrons. The van der Waals surface area contributed by atoms with Crippen molar-refractivity contribution in [1.29, 1.82) is 0 Å². The van der Waals surface area contributed by atoms with Crippen LogP contribution in [0.4, 0.5) is 4.39 Å². The number of benzene rings is 2. The maximum absolute atomic E-state index is 13.6. The average molecular weight is 503 g/mol. The third-order valence-electron chi connectivity index (χ3n) is 5.79. The average Bonchev–Trinajstić information content (AvgIpc) is 2.86. The van der Waals surface area contributed by atoms with Gasteiger partial charge in [-0.05, 0) is 41.3 Å². The summed E-state index contributed by atoms with van der Waals surface area (Å²) in [6.07, 6.45) is 0.912. The number of methoxy groups -OCH3 is 3. The zero-order chi connectivity index (χ0) is 26.7. The third kappa shape index (κ3) is 8.44. The number of hydrogen-bond acceptors (Lipinski definition) is 6. The number of ether oxygens (including phenoxy) is 3. The molecule has 0 aliphatic rings. The molecule has 0 saturated heterocycles. The molecule has 0 saturated carbocycles. The standard InChI is InChI=1S/C26H35FN4O5/c1-6-16(2)20(14-24(32)29-15-18-7-9-19(27)22(12-18)35-4)30-26(28)31-25(33)13-17-8-10-21(34-3)23(11-17)36-5/h7-12,16,20H,6,13-15H2,1-5H3,(H,29,32)(H3,28,30,31,33)/t16-,20-/m1/s1. The van der Waals surface area contributed by atoms with E-state index in [0.717, 1.165) is 6.42 Å². The van der Waals surface area contributed by atoms with E-state index in [0.29, 0.717) is 22.6 Å². The molecule has 0 heterocycles. The number of carbonyl (C=O) groups is 2. The zero-order valence-electron chi connectivity index (χ0n) is 21.4. The maximum Gasteiger partial charge on any atom is 0.231 e. The van der Waals surface area contributed by atoms with E-state index in [1.165, 1.54) is 33.5 Å². The lowest BCUT2D eigenvalue weighted by molar-refractivity contribution is -0.121. The van der Waals surface area contributed by atoms with Crippen molar-refractivity contribution in [3.05, 3.63) is 53.3 Å². The SMILES string of the molecule is CC[C@@H](C)[C@@H](CC(=O)NCc1ccc(F)c(OC)c1)N=C(N)NC(=O)Cc1ccc(OC)c(OC)c1. The Balaban J connectivity index is 1.98. The molecule has 0 bridgehead atoms. The van der Waals surface area contributed by atoms with E-state index < -0.39 is 11.9 Å². The highest BCUT2D eigenvalue weighted by Gasteiger charge is 2.20. The number of nitrogens with two attached hydrogens (primary N) is 1. The van der Waals surface area contributed by atoms with Gasteiger partial charge in [0.1, 0.15) is 0 Å². The van der Waals surface area contributed by atoms with Gasteiger partial charge in [0, 0.05) is 13.0 Å². The number of amides is 2. The number of nitrogens with one attached hydrogen (secondary N) is 2.